The summed E-state index contributed by atoms with van der Waals surface area (Å²) < 4.78 is 4.95. The molecule has 1 heterocycles. The van der Waals surface area contributed by atoms with Gasteiger partial charge in [-0.15, -0.1) is 0 Å². The second-order valence-corrected chi connectivity index (χ2v) is 6.50. The van der Waals surface area contributed by atoms with Crippen LogP contribution in [0.3, 0.4) is 0 Å². The van der Waals surface area contributed by atoms with E-state index in [1.807, 2.05) is 31.3 Å². The highest BCUT2D eigenvalue weighted by atomic mass is 16.5. The van der Waals surface area contributed by atoms with Gasteiger partial charge in [0.15, 0.2) is 0 Å². The second-order valence-electron chi connectivity index (χ2n) is 6.50. The number of hydrogen-bond acceptors (Lipinski definition) is 5. The molecule has 1 aromatic heterocycles. The quantitative estimate of drug-likeness (QED) is 0.615. The Morgan fingerprint density at radius 3 is 2.34 bits per heavy atom. The van der Waals surface area contributed by atoms with Crippen molar-refractivity contribution in [2.45, 2.75) is 13.5 Å². The highest BCUT2D eigenvalue weighted by Gasteiger charge is 2.11. The Hall–Kier alpha value is -3.67. The summed E-state index contributed by atoms with van der Waals surface area (Å²) in [6.07, 6.45) is 1.68. The Labute approximate surface area is 170 Å². The van der Waals surface area contributed by atoms with Crippen molar-refractivity contribution in [2.75, 3.05) is 23.9 Å². The molecule has 0 aliphatic carbocycles. The van der Waals surface area contributed by atoms with Crippen molar-refractivity contribution in [3.05, 3.63) is 89.7 Å². The molecule has 6 nitrogen and oxygen atoms in total. The summed E-state index contributed by atoms with van der Waals surface area (Å²) in [6, 6.07) is 20.3. The minimum Gasteiger partial charge on any atom is -0.462 e. The van der Waals surface area contributed by atoms with Gasteiger partial charge in [-0.2, -0.15) is 0 Å². The Kier molecular flexibility index (Phi) is 6.58. The van der Waals surface area contributed by atoms with Crippen LogP contribution >= 0.6 is 0 Å². The number of pyridine rings is 1. The number of rotatable bonds is 7. The largest absolute Gasteiger partial charge is 0.462 e. The van der Waals surface area contributed by atoms with Gasteiger partial charge in [0.1, 0.15) is 5.69 Å². The van der Waals surface area contributed by atoms with Crippen LogP contribution in [0.25, 0.3) is 0 Å². The number of benzene rings is 2. The normalized spacial score (nSPS) is 10.3. The molecule has 148 valence electrons. The summed E-state index contributed by atoms with van der Waals surface area (Å²) in [5.74, 6) is -0.701. The molecule has 3 aromatic rings. The predicted octanol–water partition coefficient (Wildman–Crippen LogP) is 4.15. The fourth-order valence-corrected chi connectivity index (χ4v) is 2.79. The molecule has 0 saturated heterocycles. The third-order valence-electron chi connectivity index (χ3n) is 4.34. The molecule has 6 heteroatoms. The molecule has 29 heavy (non-hydrogen) atoms. The number of nitrogens with one attached hydrogen (secondary N) is 1. The number of hydrogen-bond donors (Lipinski definition) is 1. The van der Waals surface area contributed by atoms with Crippen LogP contribution in [0.1, 0.15) is 33.3 Å². The monoisotopic (exact) mass is 389 g/mol. The van der Waals surface area contributed by atoms with E-state index < -0.39 is 0 Å². The van der Waals surface area contributed by atoms with Gasteiger partial charge >= 0.3 is 5.97 Å². The first-order chi connectivity index (χ1) is 14.1. The SMILES string of the molecule is CCOC(=O)c1ccc(NC(=O)c2ccc(N(C)Cc3ccccc3)cn2)cc1. The lowest BCUT2D eigenvalue weighted by atomic mass is 10.2. The van der Waals surface area contributed by atoms with E-state index in [1.54, 1.807) is 43.5 Å². The van der Waals surface area contributed by atoms with Gasteiger partial charge in [0, 0.05) is 19.3 Å². The first kappa shape index (κ1) is 20.1. The summed E-state index contributed by atoms with van der Waals surface area (Å²) in [7, 11) is 1.98. The topological polar surface area (TPSA) is 71.5 Å². The van der Waals surface area contributed by atoms with Gasteiger partial charge < -0.3 is 15.0 Å². The van der Waals surface area contributed by atoms with E-state index in [0.717, 1.165) is 12.2 Å². The van der Waals surface area contributed by atoms with Gasteiger partial charge in [0.25, 0.3) is 5.91 Å². The van der Waals surface area contributed by atoms with Crippen molar-refractivity contribution in [3.63, 3.8) is 0 Å². The number of esters is 1. The first-order valence-corrected chi connectivity index (χ1v) is 9.36. The number of nitrogens with zero attached hydrogens (tertiary/aromatic N) is 2. The third-order valence-corrected chi connectivity index (χ3v) is 4.34. The van der Waals surface area contributed by atoms with E-state index in [-0.39, 0.29) is 11.9 Å². The van der Waals surface area contributed by atoms with E-state index in [1.165, 1.54) is 5.56 Å². The van der Waals surface area contributed by atoms with Gasteiger partial charge in [0.2, 0.25) is 0 Å². The standard InChI is InChI=1S/C23H23N3O3/c1-3-29-23(28)18-9-11-19(12-10-18)25-22(27)21-14-13-20(15-24-21)26(2)16-17-7-5-4-6-8-17/h4-15H,3,16H2,1-2H3,(H,25,27). The Morgan fingerprint density at radius 1 is 1.00 bits per heavy atom. The van der Waals surface area contributed by atoms with Gasteiger partial charge in [-0.1, -0.05) is 30.3 Å². The molecule has 1 amide bonds. The summed E-state index contributed by atoms with van der Waals surface area (Å²) in [4.78, 5) is 30.5. The van der Waals surface area contributed by atoms with Crippen molar-refractivity contribution >= 4 is 23.3 Å². The molecule has 0 unspecified atom stereocenters. The fourth-order valence-electron chi connectivity index (χ4n) is 2.79. The van der Waals surface area contributed by atoms with Crippen LogP contribution in [-0.2, 0) is 11.3 Å². The van der Waals surface area contributed by atoms with Crippen molar-refractivity contribution in [1.29, 1.82) is 0 Å². The maximum atomic E-state index is 12.4. The molecule has 0 spiro atoms. The highest BCUT2D eigenvalue weighted by molar-refractivity contribution is 6.03. The zero-order valence-electron chi connectivity index (χ0n) is 16.5. The molecule has 0 saturated carbocycles. The molecular weight excluding hydrogens is 366 g/mol. The minimum absolute atomic E-state index is 0.314. The molecule has 0 aliphatic rings. The van der Waals surface area contributed by atoms with Gasteiger partial charge in [-0.25, -0.2) is 9.78 Å². The maximum absolute atomic E-state index is 12.4. The van der Waals surface area contributed by atoms with Crippen LogP contribution in [-0.4, -0.2) is 30.5 Å². The summed E-state index contributed by atoms with van der Waals surface area (Å²) in [6.45, 7) is 2.82. The van der Waals surface area contributed by atoms with E-state index in [9.17, 15) is 9.59 Å². The fraction of sp³-hybridized carbons (Fsp3) is 0.174. The number of amides is 1. The lowest BCUT2D eigenvalue weighted by molar-refractivity contribution is 0.0526. The molecule has 2 aromatic carbocycles. The second kappa shape index (κ2) is 9.50. The Morgan fingerprint density at radius 2 is 1.72 bits per heavy atom. The van der Waals surface area contributed by atoms with Gasteiger partial charge in [-0.3, -0.25) is 4.79 Å². The lowest BCUT2D eigenvalue weighted by Crippen LogP contribution is -2.18. The van der Waals surface area contributed by atoms with E-state index in [2.05, 4.69) is 27.3 Å². The molecular formula is C23H23N3O3. The van der Waals surface area contributed by atoms with Crippen molar-refractivity contribution in [1.82, 2.24) is 4.98 Å². The van der Waals surface area contributed by atoms with Crippen molar-refractivity contribution in [3.8, 4) is 0 Å². The van der Waals surface area contributed by atoms with Crippen molar-refractivity contribution < 1.29 is 14.3 Å². The summed E-state index contributed by atoms with van der Waals surface area (Å²) in [5, 5.41) is 2.78. The molecule has 0 aliphatic heterocycles. The van der Waals surface area contributed by atoms with Crippen LogP contribution < -0.4 is 10.2 Å². The van der Waals surface area contributed by atoms with E-state index in [0.29, 0.717) is 23.6 Å². The summed E-state index contributed by atoms with van der Waals surface area (Å²) in [5.41, 5.74) is 3.45. The molecule has 1 N–H and O–H groups in total. The van der Waals surface area contributed by atoms with Gasteiger partial charge in [0.05, 0.1) is 24.1 Å². The third kappa shape index (κ3) is 5.42. The molecule has 0 bridgehead atoms. The van der Waals surface area contributed by atoms with Crippen LogP contribution in [0.15, 0.2) is 72.9 Å². The van der Waals surface area contributed by atoms with E-state index in [4.69, 9.17) is 4.74 Å². The molecule has 0 fully saturated rings. The number of anilines is 2. The smallest absolute Gasteiger partial charge is 0.338 e. The summed E-state index contributed by atoms with van der Waals surface area (Å²) >= 11 is 0. The number of ether oxygens (including phenoxy) is 1. The molecule has 3 rings (SSSR count). The van der Waals surface area contributed by atoms with Crippen LogP contribution in [0, 0.1) is 0 Å². The molecule has 0 radical (unpaired) electrons. The zero-order chi connectivity index (χ0) is 20.6. The zero-order valence-corrected chi connectivity index (χ0v) is 16.5. The van der Waals surface area contributed by atoms with Crippen LogP contribution in [0.5, 0.6) is 0 Å². The van der Waals surface area contributed by atoms with Crippen LogP contribution in [0.2, 0.25) is 0 Å². The van der Waals surface area contributed by atoms with Crippen molar-refractivity contribution in [2.24, 2.45) is 0 Å². The molecule has 0 atom stereocenters. The average molecular weight is 389 g/mol. The number of aromatic nitrogens is 1. The minimum atomic E-state index is -0.387. The average Bonchev–Trinajstić information content (AvgIpc) is 2.75. The van der Waals surface area contributed by atoms with Crippen LogP contribution in [0.4, 0.5) is 11.4 Å². The predicted molar refractivity (Wildman–Crippen MR) is 113 cm³/mol. The number of carbonyl (C=O) groups excluding carboxylic acids is 2. The lowest BCUT2D eigenvalue weighted by Gasteiger charge is -2.19. The van der Waals surface area contributed by atoms with E-state index >= 15 is 0 Å². The van der Waals surface area contributed by atoms with Gasteiger partial charge in [-0.05, 0) is 48.9 Å². The highest BCUT2D eigenvalue weighted by Crippen LogP contribution is 2.16. The number of carbonyl (C=O) groups is 2. The first-order valence-electron chi connectivity index (χ1n) is 9.36. The maximum Gasteiger partial charge on any atom is 0.338 e. The Balaban J connectivity index is 1.60. The Bertz CT molecular complexity index is 955.